The number of fused-ring (bicyclic) bond motifs is 3. The summed E-state index contributed by atoms with van der Waals surface area (Å²) in [6, 6.07) is 13.3. The largest absolute Gasteiger partial charge is 0.456 e. The molecule has 114 valence electrons. The molecule has 1 unspecified atom stereocenters. The Morgan fingerprint density at radius 3 is 2.68 bits per heavy atom. The van der Waals surface area contributed by atoms with E-state index in [0.717, 1.165) is 32.6 Å². The van der Waals surface area contributed by atoms with Crippen LogP contribution in [0.15, 0.2) is 46.9 Å². The number of hydrogen-bond acceptors (Lipinski definition) is 3. The molecule has 1 amide bonds. The number of carbonyl (C=O) groups is 1. The minimum Gasteiger partial charge on any atom is -0.456 e. The van der Waals surface area contributed by atoms with E-state index in [4.69, 9.17) is 4.42 Å². The highest BCUT2D eigenvalue weighted by Crippen LogP contribution is 2.31. The molecular formula is C18H19NO3. The van der Waals surface area contributed by atoms with Gasteiger partial charge < -0.3 is 4.42 Å². The molecule has 4 nitrogen and oxygen atoms in total. The van der Waals surface area contributed by atoms with Crippen LogP contribution in [0.25, 0.3) is 21.9 Å². The summed E-state index contributed by atoms with van der Waals surface area (Å²) in [5.41, 5.74) is 2.45. The van der Waals surface area contributed by atoms with Crippen LogP contribution in [0.2, 0.25) is 0 Å². The number of nitrogens with zero attached hydrogens (tertiary/aromatic N) is 1. The zero-order valence-corrected chi connectivity index (χ0v) is 12.7. The van der Waals surface area contributed by atoms with Gasteiger partial charge in [0.25, 0.3) is 0 Å². The molecule has 0 fully saturated rings. The number of hydrogen-bond donors (Lipinski definition) is 1. The van der Waals surface area contributed by atoms with Crippen LogP contribution in [-0.2, 0) is 4.79 Å². The van der Waals surface area contributed by atoms with Gasteiger partial charge in [-0.25, -0.2) is 5.06 Å². The molecule has 22 heavy (non-hydrogen) atoms. The molecule has 0 aliphatic heterocycles. The predicted octanol–water partition coefficient (Wildman–Crippen LogP) is 4.66. The van der Waals surface area contributed by atoms with Crippen LogP contribution in [0.5, 0.6) is 0 Å². The first-order chi connectivity index (χ1) is 10.6. The Morgan fingerprint density at radius 1 is 1.18 bits per heavy atom. The summed E-state index contributed by atoms with van der Waals surface area (Å²) in [6.07, 6.45) is 1.05. The standard InChI is InChI=1S/C18H19NO3/c1-3-6-18(20)19(21)12(2)13-9-10-15-14-7-4-5-8-16(14)22-17(15)11-13/h4-5,7-12,21H,3,6H2,1-2H3. The third-order valence-electron chi connectivity index (χ3n) is 3.97. The number of benzene rings is 2. The van der Waals surface area contributed by atoms with E-state index in [1.165, 1.54) is 0 Å². The number of hydroxylamine groups is 2. The normalized spacial score (nSPS) is 12.7. The average molecular weight is 297 g/mol. The van der Waals surface area contributed by atoms with Gasteiger partial charge in [0.2, 0.25) is 5.91 Å². The molecule has 3 rings (SSSR count). The number of para-hydroxylation sites is 1. The monoisotopic (exact) mass is 297 g/mol. The zero-order chi connectivity index (χ0) is 15.7. The second-order valence-corrected chi connectivity index (χ2v) is 5.52. The molecule has 0 saturated carbocycles. The number of rotatable bonds is 4. The van der Waals surface area contributed by atoms with Gasteiger partial charge in [-0.1, -0.05) is 37.3 Å². The third-order valence-corrected chi connectivity index (χ3v) is 3.97. The van der Waals surface area contributed by atoms with Gasteiger partial charge in [0.15, 0.2) is 0 Å². The third kappa shape index (κ3) is 2.46. The van der Waals surface area contributed by atoms with Gasteiger partial charge in [-0.05, 0) is 31.0 Å². The van der Waals surface area contributed by atoms with Crippen molar-refractivity contribution in [2.45, 2.75) is 32.7 Å². The molecule has 1 atom stereocenters. The van der Waals surface area contributed by atoms with Crippen molar-refractivity contribution in [3.8, 4) is 0 Å². The van der Waals surface area contributed by atoms with Crippen LogP contribution in [0, 0.1) is 0 Å². The fourth-order valence-electron chi connectivity index (χ4n) is 2.69. The van der Waals surface area contributed by atoms with E-state index in [0.29, 0.717) is 12.8 Å². The molecule has 0 saturated heterocycles. The van der Waals surface area contributed by atoms with Gasteiger partial charge in [-0.15, -0.1) is 0 Å². The Labute approximate surface area is 128 Å². The molecule has 0 aliphatic rings. The van der Waals surface area contributed by atoms with Crippen molar-refractivity contribution in [2.75, 3.05) is 0 Å². The minimum atomic E-state index is -0.406. The lowest BCUT2D eigenvalue weighted by atomic mass is 10.0. The Bertz CT molecular complexity index is 821. The maximum absolute atomic E-state index is 11.8. The molecule has 3 aromatic rings. The first-order valence-corrected chi connectivity index (χ1v) is 7.54. The van der Waals surface area contributed by atoms with Crippen LogP contribution in [0.1, 0.15) is 38.3 Å². The van der Waals surface area contributed by atoms with E-state index < -0.39 is 6.04 Å². The van der Waals surface area contributed by atoms with Crippen LogP contribution in [0.4, 0.5) is 0 Å². The molecular weight excluding hydrogens is 278 g/mol. The van der Waals surface area contributed by atoms with E-state index in [1.807, 2.05) is 49.4 Å². The van der Waals surface area contributed by atoms with E-state index in [1.54, 1.807) is 6.92 Å². The van der Waals surface area contributed by atoms with Crippen LogP contribution < -0.4 is 0 Å². The quantitative estimate of drug-likeness (QED) is 0.562. The Hall–Kier alpha value is -2.33. The summed E-state index contributed by atoms with van der Waals surface area (Å²) in [4.78, 5) is 11.8. The van der Waals surface area contributed by atoms with E-state index >= 15 is 0 Å². The van der Waals surface area contributed by atoms with Crippen LogP contribution in [-0.4, -0.2) is 16.2 Å². The highest BCUT2D eigenvalue weighted by molar-refractivity contribution is 6.04. The Morgan fingerprint density at radius 2 is 1.91 bits per heavy atom. The van der Waals surface area contributed by atoms with E-state index in [2.05, 4.69) is 0 Å². The number of carbonyl (C=O) groups excluding carboxylic acids is 1. The van der Waals surface area contributed by atoms with Crippen molar-refractivity contribution in [3.05, 3.63) is 48.0 Å². The van der Waals surface area contributed by atoms with Gasteiger partial charge in [0.05, 0.1) is 6.04 Å². The molecule has 4 heteroatoms. The van der Waals surface area contributed by atoms with Crippen molar-refractivity contribution in [1.29, 1.82) is 0 Å². The minimum absolute atomic E-state index is 0.264. The van der Waals surface area contributed by atoms with Crippen molar-refractivity contribution in [3.63, 3.8) is 0 Å². The second kappa shape index (κ2) is 5.81. The summed E-state index contributed by atoms with van der Waals surface area (Å²) in [6.45, 7) is 3.72. The molecule has 0 spiro atoms. The average Bonchev–Trinajstić information content (AvgIpc) is 2.91. The van der Waals surface area contributed by atoms with Crippen molar-refractivity contribution < 1.29 is 14.4 Å². The van der Waals surface area contributed by atoms with Crippen molar-refractivity contribution in [2.24, 2.45) is 0 Å². The highest BCUT2D eigenvalue weighted by atomic mass is 16.5. The smallest absolute Gasteiger partial charge is 0.246 e. The molecule has 1 N–H and O–H groups in total. The predicted molar refractivity (Wildman–Crippen MR) is 85.7 cm³/mol. The second-order valence-electron chi connectivity index (χ2n) is 5.52. The lowest BCUT2D eigenvalue weighted by molar-refractivity contribution is -0.175. The molecule has 1 heterocycles. The lowest BCUT2D eigenvalue weighted by Crippen LogP contribution is -2.29. The van der Waals surface area contributed by atoms with Gasteiger partial charge in [-0.2, -0.15) is 0 Å². The summed E-state index contributed by atoms with van der Waals surface area (Å²) in [7, 11) is 0. The first kappa shape index (κ1) is 14.6. The SMILES string of the molecule is CCCC(=O)N(O)C(C)c1ccc2c(c1)oc1ccccc12. The molecule has 2 aromatic carbocycles. The highest BCUT2D eigenvalue weighted by Gasteiger charge is 2.20. The van der Waals surface area contributed by atoms with Crippen molar-refractivity contribution in [1.82, 2.24) is 5.06 Å². The number of amides is 1. The fourth-order valence-corrected chi connectivity index (χ4v) is 2.69. The van der Waals surface area contributed by atoms with Gasteiger partial charge in [0.1, 0.15) is 11.2 Å². The van der Waals surface area contributed by atoms with Crippen LogP contribution in [0.3, 0.4) is 0 Å². The fraction of sp³-hybridized carbons (Fsp3) is 0.278. The summed E-state index contributed by atoms with van der Waals surface area (Å²) >= 11 is 0. The molecule has 1 aromatic heterocycles. The zero-order valence-electron chi connectivity index (χ0n) is 12.7. The van der Waals surface area contributed by atoms with E-state index in [-0.39, 0.29) is 5.91 Å². The Balaban J connectivity index is 1.98. The van der Waals surface area contributed by atoms with Crippen molar-refractivity contribution >= 4 is 27.8 Å². The van der Waals surface area contributed by atoms with Crippen LogP contribution >= 0.6 is 0 Å². The maximum atomic E-state index is 11.8. The topological polar surface area (TPSA) is 53.7 Å². The molecule has 0 aliphatic carbocycles. The van der Waals surface area contributed by atoms with Gasteiger partial charge in [-0.3, -0.25) is 10.0 Å². The maximum Gasteiger partial charge on any atom is 0.246 e. The molecule has 0 radical (unpaired) electrons. The first-order valence-electron chi connectivity index (χ1n) is 7.54. The molecule has 0 bridgehead atoms. The summed E-state index contributed by atoms with van der Waals surface area (Å²) in [5.74, 6) is -0.264. The lowest BCUT2D eigenvalue weighted by Gasteiger charge is -2.22. The van der Waals surface area contributed by atoms with Gasteiger partial charge in [0, 0.05) is 17.2 Å². The van der Waals surface area contributed by atoms with Gasteiger partial charge >= 0.3 is 0 Å². The number of furan rings is 1. The summed E-state index contributed by atoms with van der Waals surface area (Å²) < 4.78 is 5.85. The Kier molecular flexibility index (Phi) is 3.86. The summed E-state index contributed by atoms with van der Waals surface area (Å²) in [5, 5.41) is 13.0. The van der Waals surface area contributed by atoms with E-state index in [9.17, 15) is 10.0 Å².